The van der Waals surface area contributed by atoms with E-state index in [0.29, 0.717) is 11.4 Å². The van der Waals surface area contributed by atoms with Crippen LogP contribution in [0.4, 0.5) is 0 Å². The van der Waals surface area contributed by atoms with Crippen molar-refractivity contribution in [1.29, 1.82) is 0 Å². The van der Waals surface area contributed by atoms with Crippen LogP contribution in [-0.2, 0) is 13.0 Å². The monoisotopic (exact) mass is 342 g/mol. The van der Waals surface area contributed by atoms with E-state index in [1.54, 1.807) is 0 Å². The van der Waals surface area contributed by atoms with Crippen molar-refractivity contribution in [2.45, 2.75) is 32.9 Å². The Labute approximate surface area is 126 Å². The molecule has 1 aromatic heterocycles. The zero-order valence-corrected chi connectivity index (χ0v) is 13.2. The van der Waals surface area contributed by atoms with Crippen LogP contribution in [0.1, 0.15) is 30.0 Å². The Morgan fingerprint density at radius 2 is 2.16 bits per heavy atom. The van der Waals surface area contributed by atoms with E-state index in [-0.39, 0.29) is 0 Å². The molecule has 0 radical (unpaired) electrons. The van der Waals surface area contributed by atoms with Crippen molar-refractivity contribution in [2.75, 3.05) is 0 Å². The second-order valence-corrected chi connectivity index (χ2v) is 5.80. The van der Waals surface area contributed by atoms with E-state index in [1.165, 1.54) is 0 Å². The lowest BCUT2D eigenvalue weighted by atomic mass is 10.1. The number of halogens is 2. The largest absolute Gasteiger partial charge is 0.386 e. The van der Waals surface area contributed by atoms with E-state index in [4.69, 9.17) is 11.6 Å². The van der Waals surface area contributed by atoms with E-state index in [0.717, 1.165) is 28.0 Å². The van der Waals surface area contributed by atoms with Crippen LogP contribution in [0, 0.1) is 6.92 Å². The summed E-state index contributed by atoms with van der Waals surface area (Å²) in [6.45, 7) is 4.68. The van der Waals surface area contributed by atoms with Crippen molar-refractivity contribution >= 4 is 27.5 Å². The van der Waals surface area contributed by atoms with Gasteiger partial charge in [-0.1, -0.05) is 33.6 Å². The topological polar surface area (TPSA) is 38.0 Å². The second kappa shape index (κ2) is 6.07. The molecule has 0 saturated carbocycles. The first kappa shape index (κ1) is 14.6. The molecule has 0 aliphatic rings. The normalized spacial score (nSPS) is 12.7. The molecule has 0 aliphatic carbocycles. The molecule has 1 unspecified atom stereocenters. The lowest BCUT2D eigenvalue weighted by molar-refractivity contribution is 0.167. The summed E-state index contributed by atoms with van der Waals surface area (Å²) in [5, 5.41) is 15.4. The van der Waals surface area contributed by atoms with Gasteiger partial charge in [-0.25, -0.2) is 0 Å². The Balaban J connectivity index is 2.22. The van der Waals surface area contributed by atoms with E-state index in [1.807, 2.05) is 42.8 Å². The van der Waals surface area contributed by atoms with Crippen molar-refractivity contribution in [3.8, 4) is 0 Å². The van der Waals surface area contributed by atoms with E-state index >= 15 is 0 Å². The van der Waals surface area contributed by atoms with Gasteiger partial charge in [-0.3, -0.25) is 4.68 Å². The van der Waals surface area contributed by atoms with Gasteiger partial charge in [0.2, 0.25) is 0 Å². The second-order valence-electron chi connectivity index (χ2n) is 4.48. The van der Waals surface area contributed by atoms with Gasteiger partial charge in [0, 0.05) is 22.5 Å². The molecule has 1 aromatic carbocycles. The van der Waals surface area contributed by atoms with Gasteiger partial charge < -0.3 is 5.11 Å². The first-order valence-electron chi connectivity index (χ1n) is 6.17. The molecule has 1 atom stereocenters. The van der Waals surface area contributed by atoms with Crippen molar-refractivity contribution in [3.63, 3.8) is 0 Å². The number of aliphatic hydroxyl groups excluding tert-OH is 1. The highest BCUT2D eigenvalue weighted by Gasteiger charge is 2.16. The fourth-order valence-corrected chi connectivity index (χ4v) is 2.84. The molecule has 2 aromatic rings. The Morgan fingerprint density at radius 1 is 1.42 bits per heavy atom. The minimum atomic E-state index is -0.597. The summed E-state index contributed by atoms with van der Waals surface area (Å²) in [4.78, 5) is 0. The maximum absolute atomic E-state index is 10.4. The van der Waals surface area contributed by atoms with Crippen LogP contribution < -0.4 is 0 Å². The smallest absolute Gasteiger partial charge is 0.0997 e. The third-order valence-corrected chi connectivity index (χ3v) is 3.85. The zero-order chi connectivity index (χ0) is 14.0. The summed E-state index contributed by atoms with van der Waals surface area (Å²) >= 11 is 9.55. The molecule has 102 valence electrons. The van der Waals surface area contributed by atoms with Crippen LogP contribution >= 0.6 is 27.5 Å². The highest BCUT2D eigenvalue weighted by atomic mass is 79.9. The molecule has 0 fully saturated rings. The van der Waals surface area contributed by atoms with Crippen molar-refractivity contribution in [3.05, 3.63) is 50.7 Å². The minimum Gasteiger partial charge on any atom is -0.386 e. The molecule has 1 heterocycles. The summed E-state index contributed by atoms with van der Waals surface area (Å²) in [6, 6.07) is 7.61. The first-order chi connectivity index (χ1) is 9.01. The molecule has 19 heavy (non-hydrogen) atoms. The molecule has 0 amide bonds. The van der Waals surface area contributed by atoms with Crippen LogP contribution in [0.2, 0.25) is 5.02 Å². The molecule has 2 rings (SSSR count). The summed E-state index contributed by atoms with van der Waals surface area (Å²) in [6.07, 6.45) is -0.114. The highest BCUT2D eigenvalue weighted by molar-refractivity contribution is 9.10. The number of rotatable bonds is 4. The number of aryl methyl sites for hydroxylation is 2. The zero-order valence-electron chi connectivity index (χ0n) is 10.9. The van der Waals surface area contributed by atoms with Gasteiger partial charge >= 0.3 is 0 Å². The lowest BCUT2D eigenvalue weighted by Crippen LogP contribution is -2.10. The third-order valence-electron chi connectivity index (χ3n) is 3.00. The van der Waals surface area contributed by atoms with Crippen LogP contribution in [0.5, 0.6) is 0 Å². The standard InChI is InChI=1S/C14H16BrClN2O/c1-3-18-13(6-9(2)17-18)14(19)7-10-4-5-11(15)8-12(10)16/h4-6,8,14,19H,3,7H2,1-2H3. The average Bonchev–Trinajstić information content (AvgIpc) is 2.74. The van der Waals surface area contributed by atoms with Gasteiger partial charge in [-0.15, -0.1) is 0 Å². The molecular formula is C14H16BrClN2O. The molecular weight excluding hydrogens is 328 g/mol. The molecule has 0 spiro atoms. The SMILES string of the molecule is CCn1nc(C)cc1C(O)Cc1ccc(Br)cc1Cl. The Kier molecular flexibility index (Phi) is 4.66. The minimum absolute atomic E-state index is 0.483. The van der Waals surface area contributed by atoms with Gasteiger partial charge in [0.05, 0.1) is 17.5 Å². The number of nitrogens with zero attached hydrogens (tertiary/aromatic N) is 2. The Bertz CT molecular complexity index is 583. The molecule has 0 bridgehead atoms. The number of hydrogen-bond acceptors (Lipinski definition) is 2. The number of hydrogen-bond donors (Lipinski definition) is 1. The van der Waals surface area contributed by atoms with E-state index in [2.05, 4.69) is 21.0 Å². The number of benzene rings is 1. The third kappa shape index (κ3) is 3.38. The molecule has 3 nitrogen and oxygen atoms in total. The fourth-order valence-electron chi connectivity index (χ4n) is 2.09. The molecule has 0 aliphatic heterocycles. The Hall–Kier alpha value is -0.840. The quantitative estimate of drug-likeness (QED) is 0.914. The van der Waals surface area contributed by atoms with Crippen molar-refractivity contribution in [1.82, 2.24) is 9.78 Å². The summed E-state index contributed by atoms with van der Waals surface area (Å²) in [7, 11) is 0. The summed E-state index contributed by atoms with van der Waals surface area (Å²) in [5.74, 6) is 0. The van der Waals surface area contributed by atoms with E-state index < -0.39 is 6.10 Å². The molecule has 1 N–H and O–H groups in total. The van der Waals surface area contributed by atoms with Crippen LogP contribution in [0.3, 0.4) is 0 Å². The Morgan fingerprint density at radius 3 is 2.79 bits per heavy atom. The first-order valence-corrected chi connectivity index (χ1v) is 7.34. The molecule has 5 heteroatoms. The predicted molar refractivity (Wildman–Crippen MR) is 80.5 cm³/mol. The van der Waals surface area contributed by atoms with Crippen LogP contribution in [0.25, 0.3) is 0 Å². The lowest BCUT2D eigenvalue weighted by Gasteiger charge is -2.13. The van der Waals surface area contributed by atoms with E-state index in [9.17, 15) is 5.11 Å². The maximum Gasteiger partial charge on any atom is 0.0997 e. The highest BCUT2D eigenvalue weighted by Crippen LogP contribution is 2.26. The number of aliphatic hydroxyl groups is 1. The van der Waals surface area contributed by atoms with Crippen molar-refractivity contribution in [2.24, 2.45) is 0 Å². The number of aromatic nitrogens is 2. The maximum atomic E-state index is 10.4. The predicted octanol–water partition coefficient (Wildman–Crippen LogP) is 3.90. The van der Waals surface area contributed by atoms with Gasteiger partial charge in [0.1, 0.15) is 0 Å². The van der Waals surface area contributed by atoms with Crippen LogP contribution in [-0.4, -0.2) is 14.9 Å². The van der Waals surface area contributed by atoms with Gasteiger partial charge in [-0.2, -0.15) is 5.10 Å². The van der Waals surface area contributed by atoms with Gasteiger partial charge in [0.15, 0.2) is 0 Å². The van der Waals surface area contributed by atoms with Gasteiger partial charge in [0.25, 0.3) is 0 Å². The fraction of sp³-hybridized carbons (Fsp3) is 0.357. The summed E-state index contributed by atoms with van der Waals surface area (Å²) < 4.78 is 2.76. The average molecular weight is 344 g/mol. The summed E-state index contributed by atoms with van der Waals surface area (Å²) in [5.41, 5.74) is 2.68. The molecule has 0 saturated heterocycles. The van der Waals surface area contributed by atoms with Gasteiger partial charge in [-0.05, 0) is 37.6 Å². The van der Waals surface area contributed by atoms with Crippen molar-refractivity contribution < 1.29 is 5.11 Å². The van der Waals surface area contributed by atoms with Crippen LogP contribution in [0.15, 0.2) is 28.7 Å².